The van der Waals surface area contributed by atoms with Gasteiger partial charge in [-0.25, -0.2) is 9.10 Å². The van der Waals surface area contributed by atoms with Crippen LogP contribution < -0.4 is 9.62 Å². The molecule has 1 N–H and O–H groups in total. The second-order valence-electron chi connectivity index (χ2n) is 7.31. The van der Waals surface area contributed by atoms with Crippen molar-refractivity contribution >= 4 is 40.5 Å². The van der Waals surface area contributed by atoms with Gasteiger partial charge in [-0.3, -0.25) is 0 Å². The number of carbonyl (C=O) groups is 1. The molecule has 29 heavy (non-hydrogen) atoms. The molecule has 2 amide bonds. The maximum atomic E-state index is 12.5. The summed E-state index contributed by atoms with van der Waals surface area (Å²) in [7, 11) is 0. The van der Waals surface area contributed by atoms with Crippen molar-refractivity contribution in [3.63, 3.8) is 0 Å². The van der Waals surface area contributed by atoms with Crippen molar-refractivity contribution in [1.29, 1.82) is 0 Å². The lowest BCUT2D eigenvalue weighted by Gasteiger charge is -2.17. The van der Waals surface area contributed by atoms with E-state index in [0.717, 1.165) is 35.8 Å². The van der Waals surface area contributed by atoms with Crippen LogP contribution in [0.1, 0.15) is 29.5 Å². The van der Waals surface area contributed by atoms with Crippen molar-refractivity contribution in [2.24, 2.45) is 0 Å². The molecule has 1 aliphatic rings. The highest BCUT2D eigenvalue weighted by Crippen LogP contribution is 2.39. The maximum absolute atomic E-state index is 12.5. The summed E-state index contributed by atoms with van der Waals surface area (Å²) in [5, 5.41) is 2.96. The summed E-state index contributed by atoms with van der Waals surface area (Å²) in [5.41, 5.74) is 7.16. The summed E-state index contributed by atoms with van der Waals surface area (Å²) in [5.74, 6) is 0. The Morgan fingerprint density at radius 3 is 2.48 bits per heavy atom. The normalized spacial score (nSPS) is 11.7. The standard InChI is InChI=1S/C24H23BrN2OS/c25-20-9-11-22-18(15-20)14-19-16-21(10-12-23(19)22)27(29)24(28)26-13-5-4-8-17-6-2-1-3-7-17/h1-3,6-7,9-12,15-16,29H,4-5,8,13-14H2,(H,26,28). The average Bonchev–Trinajstić information content (AvgIpc) is 3.10. The smallest absolute Gasteiger partial charge is 0.331 e. The first-order valence-corrected chi connectivity index (χ1v) is 11.0. The van der Waals surface area contributed by atoms with E-state index in [1.807, 2.05) is 12.1 Å². The molecule has 0 saturated heterocycles. The van der Waals surface area contributed by atoms with E-state index in [2.05, 4.69) is 88.7 Å². The zero-order valence-electron chi connectivity index (χ0n) is 16.1. The molecule has 0 unspecified atom stereocenters. The van der Waals surface area contributed by atoms with Crippen molar-refractivity contribution in [3.05, 3.63) is 87.9 Å². The third-order valence-corrected chi connectivity index (χ3v) is 6.18. The molecule has 5 heteroatoms. The summed E-state index contributed by atoms with van der Waals surface area (Å²) in [6.07, 6.45) is 3.89. The fourth-order valence-electron chi connectivity index (χ4n) is 3.78. The van der Waals surface area contributed by atoms with Crippen molar-refractivity contribution < 1.29 is 4.79 Å². The number of unbranched alkanes of at least 4 members (excludes halogenated alkanes) is 1. The summed E-state index contributed by atoms with van der Waals surface area (Å²) < 4.78 is 2.49. The molecule has 0 radical (unpaired) electrons. The van der Waals surface area contributed by atoms with E-state index in [1.165, 1.54) is 32.1 Å². The number of nitrogens with zero attached hydrogens (tertiary/aromatic N) is 1. The Balaban J connectivity index is 1.30. The minimum atomic E-state index is -0.189. The van der Waals surface area contributed by atoms with Crippen LogP contribution in [0, 0.1) is 0 Å². The molecule has 1 aliphatic carbocycles. The van der Waals surface area contributed by atoms with Crippen LogP contribution in [0.4, 0.5) is 10.5 Å². The summed E-state index contributed by atoms with van der Waals surface area (Å²) in [6.45, 7) is 0.646. The van der Waals surface area contributed by atoms with Gasteiger partial charge in [0.05, 0.1) is 5.69 Å². The molecule has 0 aromatic heterocycles. The first kappa shape index (κ1) is 20.0. The number of fused-ring (bicyclic) bond motifs is 3. The Morgan fingerprint density at radius 2 is 1.69 bits per heavy atom. The lowest BCUT2D eigenvalue weighted by atomic mass is 10.1. The summed E-state index contributed by atoms with van der Waals surface area (Å²) >= 11 is 7.97. The highest BCUT2D eigenvalue weighted by molar-refractivity contribution is 9.10. The second kappa shape index (κ2) is 9.06. The third kappa shape index (κ3) is 4.68. The number of urea groups is 1. The zero-order valence-corrected chi connectivity index (χ0v) is 18.5. The number of aryl methyl sites for hydroxylation is 1. The monoisotopic (exact) mass is 466 g/mol. The van der Waals surface area contributed by atoms with Crippen LogP contribution in [0.2, 0.25) is 0 Å². The van der Waals surface area contributed by atoms with Gasteiger partial charge in [0.15, 0.2) is 0 Å². The van der Waals surface area contributed by atoms with Crippen LogP contribution in [-0.4, -0.2) is 12.6 Å². The molecular weight excluding hydrogens is 444 g/mol. The van der Waals surface area contributed by atoms with Gasteiger partial charge in [0.25, 0.3) is 0 Å². The molecular formula is C24H23BrN2OS. The molecule has 0 heterocycles. The molecule has 3 nitrogen and oxygen atoms in total. The Hall–Kier alpha value is -2.24. The molecule has 3 aromatic carbocycles. The highest BCUT2D eigenvalue weighted by Gasteiger charge is 2.21. The van der Waals surface area contributed by atoms with E-state index in [9.17, 15) is 4.79 Å². The van der Waals surface area contributed by atoms with E-state index >= 15 is 0 Å². The predicted octanol–water partition coefficient (Wildman–Crippen LogP) is 6.40. The number of thiol groups is 1. The minimum absolute atomic E-state index is 0.189. The third-order valence-electron chi connectivity index (χ3n) is 5.28. The molecule has 0 bridgehead atoms. The number of benzene rings is 3. The minimum Gasteiger partial charge on any atom is -0.337 e. The van der Waals surface area contributed by atoms with Crippen molar-refractivity contribution in [2.45, 2.75) is 25.7 Å². The predicted molar refractivity (Wildman–Crippen MR) is 127 cm³/mol. The van der Waals surface area contributed by atoms with Gasteiger partial charge in [0, 0.05) is 11.0 Å². The molecule has 148 valence electrons. The van der Waals surface area contributed by atoms with Gasteiger partial charge in [-0.05, 0) is 77.8 Å². The van der Waals surface area contributed by atoms with Gasteiger partial charge in [-0.1, -0.05) is 71.2 Å². The number of carbonyl (C=O) groups excluding carboxylic acids is 1. The quantitative estimate of drug-likeness (QED) is 0.250. The fourth-order valence-corrected chi connectivity index (χ4v) is 4.39. The van der Waals surface area contributed by atoms with Gasteiger partial charge in [0.2, 0.25) is 0 Å². The Labute approximate surface area is 185 Å². The summed E-state index contributed by atoms with van der Waals surface area (Å²) in [4.78, 5) is 12.5. The van der Waals surface area contributed by atoms with E-state index in [-0.39, 0.29) is 6.03 Å². The topological polar surface area (TPSA) is 32.3 Å². The van der Waals surface area contributed by atoms with Gasteiger partial charge < -0.3 is 5.32 Å². The molecule has 0 saturated carbocycles. The fraction of sp³-hybridized carbons (Fsp3) is 0.208. The van der Waals surface area contributed by atoms with Crippen LogP contribution in [0.15, 0.2) is 71.2 Å². The Morgan fingerprint density at radius 1 is 0.966 bits per heavy atom. The largest absolute Gasteiger partial charge is 0.337 e. The number of nitrogens with one attached hydrogen (secondary N) is 1. The average molecular weight is 467 g/mol. The van der Waals surface area contributed by atoms with Crippen LogP contribution in [-0.2, 0) is 12.8 Å². The zero-order chi connectivity index (χ0) is 20.2. The van der Waals surface area contributed by atoms with E-state index in [4.69, 9.17) is 0 Å². The Bertz CT molecular complexity index is 1020. The number of halogens is 1. The number of anilines is 1. The first-order chi connectivity index (χ1) is 14.1. The van der Waals surface area contributed by atoms with Crippen LogP contribution in [0.5, 0.6) is 0 Å². The second-order valence-corrected chi connectivity index (χ2v) is 8.62. The number of amides is 2. The number of hydrogen-bond acceptors (Lipinski definition) is 2. The van der Waals surface area contributed by atoms with Crippen LogP contribution in [0.25, 0.3) is 11.1 Å². The van der Waals surface area contributed by atoms with Gasteiger partial charge >= 0.3 is 6.03 Å². The van der Waals surface area contributed by atoms with E-state index in [1.54, 1.807) is 0 Å². The van der Waals surface area contributed by atoms with E-state index in [0.29, 0.717) is 6.54 Å². The van der Waals surface area contributed by atoms with Crippen molar-refractivity contribution in [3.8, 4) is 11.1 Å². The van der Waals surface area contributed by atoms with E-state index < -0.39 is 0 Å². The first-order valence-electron chi connectivity index (χ1n) is 9.84. The van der Waals surface area contributed by atoms with Crippen LogP contribution >= 0.6 is 28.7 Å². The maximum Gasteiger partial charge on any atom is 0.331 e. The van der Waals surface area contributed by atoms with Gasteiger partial charge in [-0.15, -0.1) is 0 Å². The van der Waals surface area contributed by atoms with Crippen molar-refractivity contribution in [1.82, 2.24) is 5.32 Å². The number of rotatable bonds is 6. The lowest BCUT2D eigenvalue weighted by molar-refractivity contribution is 0.249. The summed E-state index contributed by atoms with van der Waals surface area (Å²) in [6, 6.07) is 22.7. The molecule has 0 spiro atoms. The molecule has 4 rings (SSSR count). The van der Waals surface area contributed by atoms with Gasteiger partial charge in [0.1, 0.15) is 0 Å². The Kier molecular flexibility index (Phi) is 6.26. The molecule has 3 aromatic rings. The lowest BCUT2D eigenvalue weighted by Crippen LogP contribution is -2.34. The number of hydrogen-bond donors (Lipinski definition) is 2. The molecule has 0 aliphatic heterocycles. The highest BCUT2D eigenvalue weighted by atomic mass is 79.9. The van der Waals surface area contributed by atoms with Gasteiger partial charge in [-0.2, -0.15) is 0 Å². The van der Waals surface area contributed by atoms with Crippen LogP contribution in [0.3, 0.4) is 0 Å². The molecule has 0 atom stereocenters. The molecule has 0 fully saturated rings. The van der Waals surface area contributed by atoms with Crippen molar-refractivity contribution in [2.75, 3.05) is 10.8 Å². The SMILES string of the molecule is O=C(NCCCCc1ccccc1)N(S)c1ccc2c(c1)Cc1cc(Br)ccc1-2.